The highest BCUT2D eigenvalue weighted by atomic mass is 16.6. The minimum atomic E-state index is -0.431. The number of nitrogens with zero attached hydrogens (tertiary/aromatic N) is 1. The number of ether oxygens (including phenoxy) is 2. The molecule has 0 aromatic carbocycles. The number of amides is 1. The Morgan fingerprint density at radius 3 is 2.92 bits per heavy atom. The highest BCUT2D eigenvalue weighted by Crippen LogP contribution is 2.24. The summed E-state index contributed by atoms with van der Waals surface area (Å²) in [5, 5.41) is 0. The summed E-state index contributed by atoms with van der Waals surface area (Å²) >= 11 is 0. The molecule has 1 fully saturated rings. The summed E-state index contributed by atoms with van der Waals surface area (Å²) < 4.78 is 16.6. The summed E-state index contributed by atoms with van der Waals surface area (Å²) in [6.45, 7) is 10.0. The van der Waals surface area contributed by atoms with Crippen LogP contribution in [0.5, 0.6) is 0 Å². The Morgan fingerprint density at radius 1 is 1.46 bits per heavy atom. The van der Waals surface area contributed by atoms with E-state index in [1.165, 1.54) is 6.42 Å². The maximum Gasteiger partial charge on any atom is 0.410 e. The molecule has 0 aliphatic carbocycles. The summed E-state index contributed by atoms with van der Waals surface area (Å²) in [6, 6.07) is 3.81. The molecule has 2 atom stereocenters. The van der Waals surface area contributed by atoms with E-state index in [0.717, 1.165) is 38.1 Å². The van der Waals surface area contributed by atoms with Gasteiger partial charge < -0.3 is 18.8 Å². The molecule has 1 aromatic heterocycles. The van der Waals surface area contributed by atoms with Crippen molar-refractivity contribution in [2.45, 2.75) is 65.1 Å². The first-order chi connectivity index (χ1) is 11.3. The minimum Gasteiger partial charge on any atom is -0.467 e. The number of hydrogen-bond donors (Lipinski definition) is 0. The highest BCUT2D eigenvalue weighted by Gasteiger charge is 2.27. The normalized spacial score (nSPS) is 20.0. The van der Waals surface area contributed by atoms with E-state index in [4.69, 9.17) is 13.9 Å². The third-order valence-corrected chi connectivity index (χ3v) is 4.24. The molecule has 0 N–H and O–H groups in total. The van der Waals surface area contributed by atoms with Crippen LogP contribution in [-0.4, -0.2) is 36.3 Å². The first-order valence-electron chi connectivity index (χ1n) is 8.98. The first-order valence-corrected chi connectivity index (χ1v) is 8.98. The van der Waals surface area contributed by atoms with Gasteiger partial charge in [0.05, 0.1) is 6.26 Å². The number of furan rings is 1. The number of carbonyl (C=O) groups is 1. The van der Waals surface area contributed by atoms with Gasteiger partial charge >= 0.3 is 6.09 Å². The molecule has 0 bridgehead atoms. The predicted octanol–water partition coefficient (Wildman–Crippen LogP) is 4.78. The van der Waals surface area contributed by atoms with Gasteiger partial charge in [0.25, 0.3) is 0 Å². The zero-order valence-electron chi connectivity index (χ0n) is 15.4. The van der Waals surface area contributed by atoms with Crippen molar-refractivity contribution in [3.63, 3.8) is 0 Å². The second-order valence-electron chi connectivity index (χ2n) is 7.61. The summed E-state index contributed by atoms with van der Waals surface area (Å²) in [5.41, 5.74) is -0.431. The van der Waals surface area contributed by atoms with Gasteiger partial charge in [-0.05, 0) is 71.4 Å². The topological polar surface area (TPSA) is 51.9 Å². The maximum absolute atomic E-state index is 12.2. The van der Waals surface area contributed by atoms with Crippen LogP contribution in [-0.2, 0) is 9.47 Å². The van der Waals surface area contributed by atoms with Gasteiger partial charge in [-0.15, -0.1) is 0 Å². The third kappa shape index (κ3) is 6.19. The molecule has 5 heteroatoms. The fourth-order valence-corrected chi connectivity index (χ4v) is 3.03. The van der Waals surface area contributed by atoms with Crippen molar-refractivity contribution in [3.05, 3.63) is 24.2 Å². The molecule has 1 aliphatic rings. The van der Waals surface area contributed by atoms with E-state index in [-0.39, 0.29) is 12.2 Å². The van der Waals surface area contributed by atoms with Crippen molar-refractivity contribution in [2.24, 2.45) is 5.92 Å². The monoisotopic (exact) mass is 337 g/mol. The van der Waals surface area contributed by atoms with E-state index in [1.807, 2.05) is 44.7 Å². The number of likely N-dealkylation sites (tertiary alicyclic amines) is 1. The van der Waals surface area contributed by atoms with E-state index in [2.05, 4.69) is 0 Å². The van der Waals surface area contributed by atoms with Crippen molar-refractivity contribution in [3.8, 4) is 0 Å². The SMILES string of the molecule is C[C@@H](OCCC[C@H]1CCCN(C(=O)OC(C)(C)C)C1)c1ccco1. The van der Waals surface area contributed by atoms with Gasteiger partial charge in [-0.3, -0.25) is 0 Å². The van der Waals surface area contributed by atoms with E-state index in [0.29, 0.717) is 12.5 Å². The Morgan fingerprint density at radius 2 is 2.25 bits per heavy atom. The van der Waals surface area contributed by atoms with Gasteiger partial charge in [-0.2, -0.15) is 0 Å². The average molecular weight is 337 g/mol. The number of carbonyl (C=O) groups excluding carboxylic acids is 1. The lowest BCUT2D eigenvalue weighted by Crippen LogP contribution is -2.42. The standard InChI is InChI=1S/C19H31NO4/c1-15(17-10-7-13-23-17)22-12-6-9-16-8-5-11-20(14-16)18(21)24-19(2,3)4/h7,10,13,15-16H,5-6,8-9,11-12,14H2,1-4H3/t15-,16-/m1/s1. The Hall–Kier alpha value is -1.49. The van der Waals surface area contributed by atoms with Crippen molar-refractivity contribution in [2.75, 3.05) is 19.7 Å². The second-order valence-corrected chi connectivity index (χ2v) is 7.61. The van der Waals surface area contributed by atoms with Crippen LogP contribution in [0, 0.1) is 5.92 Å². The molecule has 0 spiro atoms. The maximum atomic E-state index is 12.2. The molecule has 1 aromatic rings. The van der Waals surface area contributed by atoms with E-state index < -0.39 is 5.60 Å². The Kier molecular flexibility index (Phi) is 6.72. The number of hydrogen-bond acceptors (Lipinski definition) is 4. The Balaban J connectivity index is 1.66. The molecule has 2 rings (SSSR count). The molecule has 5 nitrogen and oxygen atoms in total. The van der Waals surface area contributed by atoms with Gasteiger partial charge in [0, 0.05) is 19.7 Å². The molecule has 0 unspecified atom stereocenters. The fourth-order valence-electron chi connectivity index (χ4n) is 3.03. The molecule has 0 radical (unpaired) electrons. The Labute approximate surface area is 145 Å². The molecule has 1 amide bonds. The summed E-state index contributed by atoms with van der Waals surface area (Å²) in [6.07, 6.45) is 5.77. The predicted molar refractivity (Wildman–Crippen MR) is 92.8 cm³/mol. The van der Waals surface area contributed by atoms with Crippen LogP contribution in [0.2, 0.25) is 0 Å². The zero-order chi connectivity index (χ0) is 17.6. The Bertz CT molecular complexity index is 492. The van der Waals surface area contributed by atoms with Gasteiger partial charge in [-0.25, -0.2) is 4.79 Å². The third-order valence-electron chi connectivity index (χ3n) is 4.24. The lowest BCUT2D eigenvalue weighted by Gasteiger charge is -2.34. The van der Waals surface area contributed by atoms with Crippen LogP contribution < -0.4 is 0 Å². The van der Waals surface area contributed by atoms with Crippen LogP contribution >= 0.6 is 0 Å². The summed E-state index contributed by atoms with van der Waals surface area (Å²) in [5.74, 6) is 1.40. The number of rotatable bonds is 6. The molecule has 2 heterocycles. The second kappa shape index (κ2) is 8.56. The van der Waals surface area contributed by atoms with E-state index in [9.17, 15) is 4.79 Å². The van der Waals surface area contributed by atoms with Gasteiger partial charge in [0.2, 0.25) is 0 Å². The first kappa shape index (κ1) is 18.8. The van der Waals surface area contributed by atoms with Crippen molar-refractivity contribution in [1.82, 2.24) is 4.90 Å². The molecule has 0 saturated carbocycles. The molecule has 1 saturated heterocycles. The average Bonchev–Trinajstić information content (AvgIpc) is 3.04. The smallest absolute Gasteiger partial charge is 0.410 e. The van der Waals surface area contributed by atoms with Crippen LogP contribution in [0.1, 0.15) is 65.2 Å². The van der Waals surface area contributed by atoms with Crippen molar-refractivity contribution >= 4 is 6.09 Å². The molecule has 136 valence electrons. The molecular weight excluding hydrogens is 306 g/mol. The van der Waals surface area contributed by atoms with E-state index >= 15 is 0 Å². The van der Waals surface area contributed by atoms with Crippen LogP contribution in [0.25, 0.3) is 0 Å². The molecule has 1 aliphatic heterocycles. The van der Waals surface area contributed by atoms with Crippen LogP contribution in [0.3, 0.4) is 0 Å². The van der Waals surface area contributed by atoms with Crippen molar-refractivity contribution < 1.29 is 18.7 Å². The minimum absolute atomic E-state index is 0.00961. The number of piperidine rings is 1. The van der Waals surface area contributed by atoms with Crippen LogP contribution in [0.4, 0.5) is 4.79 Å². The lowest BCUT2D eigenvalue weighted by atomic mass is 9.94. The zero-order valence-corrected chi connectivity index (χ0v) is 15.4. The summed E-state index contributed by atoms with van der Waals surface area (Å²) in [7, 11) is 0. The van der Waals surface area contributed by atoms with Gasteiger partial charge in [-0.1, -0.05) is 0 Å². The molecular formula is C19H31NO4. The van der Waals surface area contributed by atoms with Gasteiger partial charge in [0.1, 0.15) is 17.5 Å². The van der Waals surface area contributed by atoms with Crippen LogP contribution in [0.15, 0.2) is 22.8 Å². The fraction of sp³-hybridized carbons (Fsp3) is 0.737. The summed E-state index contributed by atoms with van der Waals surface area (Å²) in [4.78, 5) is 14.0. The molecule has 24 heavy (non-hydrogen) atoms. The lowest BCUT2D eigenvalue weighted by molar-refractivity contribution is 0.0143. The quantitative estimate of drug-likeness (QED) is 0.701. The largest absolute Gasteiger partial charge is 0.467 e. The highest BCUT2D eigenvalue weighted by molar-refractivity contribution is 5.68. The van der Waals surface area contributed by atoms with Crippen molar-refractivity contribution in [1.29, 1.82) is 0 Å². The van der Waals surface area contributed by atoms with E-state index in [1.54, 1.807) is 6.26 Å². The van der Waals surface area contributed by atoms with Gasteiger partial charge in [0.15, 0.2) is 0 Å².